The number of ether oxygens (including phenoxy) is 2. The number of likely N-dealkylation sites (tertiary alicyclic amines) is 1. The fraction of sp³-hybridized carbons (Fsp3) is 0.688. The molecule has 2 aliphatic rings. The predicted octanol–water partition coefficient (Wildman–Crippen LogP) is -1.03. The SMILES string of the molecule is CN1CCCC1.OCC1OC(Oc2ccccn2)C(O)C(O)C1O. The maximum Gasteiger partial charge on any atom is 0.231 e. The summed E-state index contributed by atoms with van der Waals surface area (Å²) in [4.78, 5) is 6.24. The Hall–Kier alpha value is -1.29. The highest BCUT2D eigenvalue weighted by molar-refractivity contribution is 5.10. The molecule has 2 aliphatic heterocycles. The third-order valence-corrected chi connectivity index (χ3v) is 4.05. The standard InChI is InChI=1S/C11H15NO6.C5H11N/c13-5-6-8(14)9(15)10(16)11(17-6)18-7-3-1-2-4-12-7;1-6-4-2-3-5-6/h1-4,6,8-11,13-16H,5H2;2-5H2,1H3. The van der Waals surface area contributed by atoms with E-state index in [0.29, 0.717) is 0 Å². The summed E-state index contributed by atoms with van der Waals surface area (Å²) in [5, 5.41) is 37.8. The molecule has 0 aromatic carbocycles. The topological polar surface area (TPSA) is 116 Å². The zero-order valence-electron chi connectivity index (χ0n) is 13.7. The van der Waals surface area contributed by atoms with Crippen LogP contribution in [-0.2, 0) is 4.74 Å². The molecule has 0 amide bonds. The van der Waals surface area contributed by atoms with Crippen LogP contribution in [0.1, 0.15) is 12.8 Å². The second-order valence-corrected chi connectivity index (χ2v) is 5.99. The van der Waals surface area contributed by atoms with E-state index < -0.39 is 37.3 Å². The van der Waals surface area contributed by atoms with Crippen molar-refractivity contribution in [1.29, 1.82) is 0 Å². The van der Waals surface area contributed by atoms with Gasteiger partial charge in [-0.15, -0.1) is 0 Å². The number of aliphatic hydroxyl groups excluding tert-OH is 4. The molecule has 2 saturated heterocycles. The van der Waals surface area contributed by atoms with Crippen molar-refractivity contribution < 1.29 is 29.9 Å². The van der Waals surface area contributed by atoms with Gasteiger partial charge in [-0.1, -0.05) is 6.07 Å². The van der Waals surface area contributed by atoms with Crippen LogP contribution in [0.3, 0.4) is 0 Å². The van der Waals surface area contributed by atoms with Gasteiger partial charge in [-0.3, -0.25) is 0 Å². The van der Waals surface area contributed by atoms with E-state index in [1.54, 1.807) is 18.2 Å². The van der Waals surface area contributed by atoms with E-state index in [1.165, 1.54) is 32.1 Å². The number of hydrogen-bond acceptors (Lipinski definition) is 8. The summed E-state index contributed by atoms with van der Waals surface area (Å²) >= 11 is 0. The van der Waals surface area contributed by atoms with E-state index in [1.807, 2.05) is 0 Å². The average Bonchev–Trinajstić information content (AvgIpc) is 3.08. The van der Waals surface area contributed by atoms with Crippen molar-refractivity contribution in [1.82, 2.24) is 9.88 Å². The molecule has 0 radical (unpaired) electrons. The van der Waals surface area contributed by atoms with Crippen LogP contribution in [-0.4, -0.2) is 87.8 Å². The molecule has 3 heterocycles. The quantitative estimate of drug-likeness (QED) is 0.551. The summed E-state index contributed by atoms with van der Waals surface area (Å²) < 4.78 is 10.4. The molecule has 2 fully saturated rings. The minimum atomic E-state index is -1.45. The van der Waals surface area contributed by atoms with Gasteiger partial charge in [-0.2, -0.15) is 0 Å². The molecule has 0 aliphatic carbocycles. The first-order valence-corrected chi connectivity index (χ1v) is 8.09. The number of pyridine rings is 1. The van der Waals surface area contributed by atoms with Crippen molar-refractivity contribution in [2.45, 2.75) is 43.5 Å². The van der Waals surface area contributed by atoms with Crippen molar-refractivity contribution in [3.63, 3.8) is 0 Å². The van der Waals surface area contributed by atoms with Gasteiger partial charge >= 0.3 is 0 Å². The van der Waals surface area contributed by atoms with Gasteiger partial charge in [-0.05, 0) is 39.0 Å². The second-order valence-electron chi connectivity index (χ2n) is 5.99. The number of aliphatic hydroxyl groups is 4. The molecule has 5 unspecified atom stereocenters. The van der Waals surface area contributed by atoms with Crippen LogP contribution in [0.15, 0.2) is 24.4 Å². The van der Waals surface area contributed by atoms with Crippen LogP contribution in [0.4, 0.5) is 0 Å². The highest BCUT2D eigenvalue weighted by Crippen LogP contribution is 2.23. The van der Waals surface area contributed by atoms with Crippen LogP contribution in [0.5, 0.6) is 5.88 Å². The molecule has 136 valence electrons. The number of aromatic nitrogens is 1. The van der Waals surface area contributed by atoms with Crippen molar-refractivity contribution >= 4 is 0 Å². The molecule has 0 spiro atoms. The highest BCUT2D eigenvalue weighted by Gasteiger charge is 2.44. The summed E-state index contributed by atoms with van der Waals surface area (Å²) in [5.41, 5.74) is 0. The smallest absolute Gasteiger partial charge is 0.231 e. The molecular formula is C16H26N2O6. The van der Waals surface area contributed by atoms with Crippen molar-refractivity contribution in [2.24, 2.45) is 0 Å². The number of hydrogen-bond donors (Lipinski definition) is 4. The van der Waals surface area contributed by atoms with Crippen molar-refractivity contribution in [3.8, 4) is 5.88 Å². The minimum Gasteiger partial charge on any atom is -0.445 e. The molecule has 8 heteroatoms. The van der Waals surface area contributed by atoms with Crippen molar-refractivity contribution in [2.75, 3.05) is 26.7 Å². The Labute approximate surface area is 141 Å². The van der Waals surface area contributed by atoms with Crippen LogP contribution < -0.4 is 4.74 Å². The predicted molar refractivity (Wildman–Crippen MR) is 85.4 cm³/mol. The fourth-order valence-electron chi connectivity index (χ4n) is 2.58. The van der Waals surface area contributed by atoms with E-state index in [2.05, 4.69) is 16.9 Å². The molecule has 24 heavy (non-hydrogen) atoms. The monoisotopic (exact) mass is 342 g/mol. The average molecular weight is 342 g/mol. The van der Waals surface area contributed by atoms with E-state index >= 15 is 0 Å². The van der Waals surface area contributed by atoms with Gasteiger partial charge in [0.2, 0.25) is 12.2 Å². The zero-order valence-corrected chi connectivity index (χ0v) is 13.7. The van der Waals surface area contributed by atoms with E-state index in [0.717, 1.165) is 0 Å². The number of nitrogens with zero attached hydrogens (tertiary/aromatic N) is 2. The Morgan fingerprint density at radius 3 is 2.38 bits per heavy atom. The van der Waals surface area contributed by atoms with Gasteiger partial charge in [0.15, 0.2) is 0 Å². The van der Waals surface area contributed by atoms with E-state index in [4.69, 9.17) is 14.6 Å². The van der Waals surface area contributed by atoms with Gasteiger partial charge < -0.3 is 34.8 Å². The van der Waals surface area contributed by atoms with Crippen LogP contribution >= 0.6 is 0 Å². The third kappa shape index (κ3) is 5.10. The van der Waals surface area contributed by atoms with Crippen LogP contribution in [0.25, 0.3) is 0 Å². The molecule has 8 nitrogen and oxygen atoms in total. The lowest BCUT2D eigenvalue weighted by atomic mass is 9.99. The van der Waals surface area contributed by atoms with Gasteiger partial charge in [0.05, 0.1) is 6.61 Å². The normalized spacial score (nSPS) is 33.6. The molecular weight excluding hydrogens is 316 g/mol. The first kappa shape index (κ1) is 19.0. The summed E-state index contributed by atoms with van der Waals surface area (Å²) in [6, 6.07) is 4.94. The molecule has 1 aromatic rings. The lowest BCUT2D eigenvalue weighted by Gasteiger charge is -2.39. The fourth-order valence-corrected chi connectivity index (χ4v) is 2.58. The second kappa shape index (κ2) is 9.26. The first-order valence-electron chi connectivity index (χ1n) is 8.09. The van der Waals surface area contributed by atoms with E-state index in [-0.39, 0.29) is 5.88 Å². The van der Waals surface area contributed by atoms with Gasteiger partial charge in [-0.25, -0.2) is 4.98 Å². The third-order valence-electron chi connectivity index (χ3n) is 4.05. The van der Waals surface area contributed by atoms with E-state index in [9.17, 15) is 15.3 Å². The molecule has 0 saturated carbocycles. The summed E-state index contributed by atoms with van der Waals surface area (Å²) in [6.45, 7) is 2.15. The van der Waals surface area contributed by atoms with Gasteiger partial charge in [0, 0.05) is 12.3 Å². The van der Waals surface area contributed by atoms with Crippen molar-refractivity contribution in [3.05, 3.63) is 24.4 Å². The zero-order chi connectivity index (χ0) is 17.5. The Balaban J connectivity index is 0.000000292. The Kier molecular flexibility index (Phi) is 7.35. The lowest BCUT2D eigenvalue weighted by molar-refractivity contribution is -0.278. The molecule has 3 rings (SSSR count). The Bertz CT molecular complexity index is 469. The lowest BCUT2D eigenvalue weighted by Crippen LogP contribution is -2.60. The summed E-state index contributed by atoms with van der Waals surface area (Å²) in [7, 11) is 2.17. The molecule has 5 atom stereocenters. The largest absolute Gasteiger partial charge is 0.445 e. The minimum absolute atomic E-state index is 0.210. The highest BCUT2D eigenvalue weighted by atomic mass is 16.7. The first-order chi connectivity index (χ1) is 11.5. The Morgan fingerprint density at radius 1 is 1.17 bits per heavy atom. The number of rotatable bonds is 3. The van der Waals surface area contributed by atoms with Crippen LogP contribution in [0.2, 0.25) is 0 Å². The molecule has 1 aromatic heterocycles. The molecule has 4 N–H and O–H groups in total. The van der Waals surface area contributed by atoms with Gasteiger partial charge in [0.1, 0.15) is 24.4 Å². The van der Waals surface area contributed by atoms with Gasteiger partial charge in [0.25, 0.3) is 0 Å². The summed E-state index contributed by atoms with van der Waals surface area (Å²) in [6.07, 6.45) is -2.14. The summed E-state index contributed by atoms with van der Waals surface area (Å²) in [5.74, 6) is 0.210. The maximum absolute atomic E-state index is 9.71. The maximum atomic E-state index is 9.71. The Morgan fingerprint density at radius 2 is 1.88 bits per heavy atom. The van der Waals surface area contributed by atoms with Crippen LogP contribution in [0, 0.1) is 0 Å². The molecule has 0 bridgehead atoms.